The standard InChI is InChI=1S/C41H49N3O6Si/c1-9-43-32-20-16-15-19-31(32)40(5,6)34(43)23-29-38(46)30(39(29)47)24-35-41(7,8)37-28-18-14-13-17-27(28)21-22-33(37)44(35)25-36(45)42-26-51(48-10-2,49-11-3)50-12-4/h13-24H,9-12,25-26H2,1-8H3,(H-,42,45,46,47). The lowest BCUT2D eigenvalue weighted by atomic mass is 9.76. The summed E-state index contributed by atoms with van der Waals surface area (Å²) in [7, 11) is -3.14. The van der Waals surface area contributed by atoms with E-state index in [0.29, 0.717) is 32.1 Å². The minimum atomic E-state index is -3.14. The highest BCUT2D eigenvalue weighted by atomic mass is 28.4. The summed E-state index contributed by atoms with van der Waals surface area (Å²) in [6.45, 7) is 18.0. The van der Waals surface area contributed by atoms with Crippen LogP contribution in [0.3, 0.4) is 0 Å². The summed E-state index contributed by atoms with van der Waals surface area (Å²) >= 11 is 0. The minimum Gasteiger partial charge on any atom is -0.871 e. The number of carbonyl (C=O) groups excluding carboxylic acids is 2. The molecule has 0 aromatic heterocycles. The number of likely N-dealkylation sites (N-methyl/N-ethyl adjacent to an activating group) is 1. The maximum Gasteiger partial charge on any atom is 0.521 e. The Hall–Kier alpha value is -4.35. The Balaban J connectivity index is 1.40. The summed E-state index contributed by atoms with van der Waals surface area (Å²) in [5.41, 5.74) is 5.10. The molecule has 51 heavy (non-hydrogen) atoms. The van der Waals surface area contributed by atoms with Crippen LogP contribution in [0, 0.1) is 0 Å². The molecular weight excluding hydrogens is 659 g/mol. The van der Waals surface area contributed by atoms with Gasteiger partial charge in [0.1, 0.15) is 0 Å². The van der Waals surface area contributed by atoms with E-state index in [4.69, 9.17) is 13.3 Å². The zero-order valence-corrected chi connectivity index (χ0v) is 32.0. The van der Waals surface area contributed by atoms with Gasteiger partial charge in [0.15, 0.2) is 11.5 Å². The van der Waals surface area contributed by atoms with E-state index < -0.39 is 14.2 Å². The zero-order valence-electron chi connectivity index (χ0n) is 31.0. The Bertz CT molecular complexity index is 2010. The summed E-state index contributed by atoms with van der Waals surface area (Å²) < 4.78 is 19.8. The van der Waals surface area contributed by atoms with Crippen LogP contribution in [0.2, 0.25) is 0 Å². The Morgan fingerprint density at radius 3 is 2.18 bits per heavy atom. The lowest BCUT2D eigenvalue weighted by Crippen LogP contribution is -2.56. The number of amides is 1. The lowest BCUT2D eigenvalue weighted by molar-refractivity contribution is -0.425. The Morgan fingerprint density at radius 2 is 1.53 bits per heavy atom. The molecule has 0 fully saturated rings. The van der Waals surface area contributed by atoms with Crippen LogP contribution in [0.1, 0.15) is 66.5 Å². The summed E-state index contributed by atoms with van der Waals surface area (Å²) in [4.78, 5) is 29.9. The molecule has 268 valence electrons. The van der Waals surface area contributed by atoms with Gasteiger partial charge in [0.25, 0.3) is 5.91 Å². The topological polar surface area (TPSA) is 103 Å². The number of nitrogens with zero attached hydrogens (tertiary/aromatic N) is 2. The molecule has 0 bridgehead atoms. The van der Waals surface area contributed by atoms with Crippen LogP contribution in [-0.4, -0.2) is 69.9 Å². The molecule has 2 aliphatic heterocycles. The second-order valence-electron chi connectivity index (χ2n) is 14.1. The number of anilines is 1. The first kappa shape index (κ1) is 36.4. The Morgan fingerprint density at radius 1 is 0.882 bits per heavy atom. The number of Topliss-reactive ketones (excluding diaryl/α,β-unsaturated/α-hetero) is 1. The first-order chi connectivity index (χ1) is 24.3. The Labute approximate surface area is 302 Å². The van der Waals surface area contributed by atoms with Gasteiger partial charge < -0.3 is 28.6 Å². The predicted octanol–water partition coefficient (Wildman–Crippen LogP) is 5.74. The van der Waals surface area contributed by atoms with Crippen LogP contribution < -0.4 is 15.3 Å². The number of allylic oxidation sites excluding steroid dienone is 5. The van der Waals surface area contributed by atoms with E-state index in [1.165, 1.54) is 5.56 Å². The van der Waals surface area contributed by atoms with E-state index in [2.05, 4.69) is 69.1 Å². The van der Waals surface area contributed by atoms with Crippen LogP contribution in [0.15, 0.2) is 95.4 Å². The second-order valence-corrected chi connectivity index (χ2v) is 16.7. The molecule has 3 aromatic rings. The predicted molar refractivity (Wildman–Crippen MR) is 201 cm³/mol. The van der Waals surface area contributed by atoms with Crippen molar-refractivity contribution in [2.24, 2.45) is 0 Å². The molecule has 1 N–H and O–H groups in total. The normalized spacial score (nSPS) is 19.3. The molecule has 2 heterocycles. The molecule has 0 radical (unpaired) electrons. The molecule has 0 saturated carbocycles. The molecule has 3 aromatic carbocycles. The molecule has 6 rings (SSSR count). The fourth-order valence-corrected chi connectivity index (χ4v) is 10.2. The Kier molecular flexibility index (Phi) is 10.00. The van der Waals surface area contributed by atoms with Crippen molar-refractivity contribution in [2.75, 3.05) is 44.0 Å². The molecule has 0 saturated heterocycles. The quantitative estimate of drug-likeness (QED) is 0.137. The SMILES string of the molecule is CCO[Si](CNC(=O)C[N+]1=C(/C=C2\C(=O)C(/C=C3\N(CC)c4ccccc4C3(C)C)=C2[O-])C(C)(C)c2c1ccc1ccccc21)(OCC)OCC. The summed E-state index contributed by atoms with van der Waals surface area (Å²) in [5.74, 6) is -0.834. The summed E-state index contributed by atoms with van der Waals surface area (Å²) in [5, 5.41) is 19.1. The van der Waals surface area contributed by atoms with Gasteiger partial charge in [0.05, 0.1) is 11.6 Å². The van der Waals surface area contributed by atoms with Crippen molar-refractivity contribution >= 4 is 48.4 Å². The van der Waals surface area contributed by atoms with Crippen molar-refractivity contribution < 1.29 is 32.5 Å². The van der Waals surface area contributed by atoms with Gasteiger partial charge >= 0.3 is 8.80 Å². The molecular formula is C41H49N3O6Si. The maximum atomic E-state index is 13.9. The van der Waals surface area contributed by atoms with E-state index in [-0.39, 0.29) is 46.7 Å². The average molecular weight is 708 g/mol. The van der Waals surface area contributed by atoms with Crippen LogP contribution in [0.4, 0.5) is 11.4 Å². The van der Waals surface area contributed by atoms with E-state index in [0.717, 1.165) is 33.4 Å². The highest BCUT2D eigenvalue weighted by Crippen LogP contribution is 2.49. The van der Waals surface area contributed by atoms with Gasteiger partial charge in [-0.3, -0.25) is 9.59 Å². The number of fused-ring (bicyclic) bond motifs is 4. The van der Waals surface area contributed by atoms with Crippen LogP contribution in [-0.2, 0) is 33.7 Å². The van der Waals surface area contributed by atoms with Crippen molar-refractivity contribution in [1.82, 2.24) is 5.32 Å². The van der Waals surface area contributed by atoms with Gasteiger partial charge in [-0.2, -0.15) is 4.58 Å². The minimum absolute atomic E-state index is 0.0380. The fourth-order valence-electron chi connectivity index (χ4n) is 7.92. The highest BCUT2D eigenvalue weighted by Gasteiger charge is 2.48. The van der Waals surface area contributed by atoms with Crippen molar-refractivity contribution in [1.29, 1.82) is 0 Å². The highest BCUT2D eigenvalue weighted by molar-refractivity contribution is 6.61. The van der Waals surface area contributed by atoms with Crippen molar-refractivity contribution in [3.8, 4) is 0 Å². The van der Waals surface area contributed by atoms with E-state index >= 15 is 0 Å². The maximum absolute atomic E-state index is 13.9. The third kappa shape index (κ3) is 6.18. The number of hydrogen-bond acceptors (Lipinski definition) is 7. The number of hydrogen-bond donors (Lipinski definition) is 1. The van der Waals surface area contributed by atoms with Crippen LogP contribution >= 0.6 is 0 Å². The van der Waals surface area contributed by atoms with Gasteiger partial charge in [-0.15, -0.1) is 0 Å². The monoisotopic (exact) mass is 707 g/mol. The summed E-state index contributed by atoms with van der Waals surface area (Å²) in [6, 6.07) is 20.4. The number of rotatable bonds is 13. The van der Waals surface area contributed by atoms with Crippen molar-refractivity contribution in [3.63, 3.8) is 0 Å². The van der Waals surface area contributed by atoms with Crippen molar-refractivity contribution in [3.05, 3.63) is 107 Å². The molecule has 1 aliphatic carbocycles. The largest absolute Gasteiger partial charge is 0.871 e. The van der Waals surface area contributed by atoms with Gasteiger partial charge in [-0.25, -0.2) is 0 Å². The van der Waals surface area contributed by atoms with Gasteiger partial charge in [-0.1, -0.05) is 62.1 Å². The molecule has 3 aliphatic rings. The third-order valence-electron chi connectivity index (χ3n) is 10.3. The van der Waals surface area contributed by atoms with Crippen LogP contribution in [0.25, 0.3) is 10.8 Å². The second kappa shape index (κ2) is 14.0. The van der Waals surface area contributed by atoms with Gasteiger partial charge in [0.2, 0.25) is 12.2 Å². The fraction of sp³-hybridized carbons (Fsp3) is 0.390. The lowest BCUT2D eigenvalue weighted by Gasteiger charge is -2.32. The number of ketones is 1. The van der Waals surface area contributed by atoms with E-state index in [9.17, 15) is 14.7 Å². The average Bonchev–Trinajstić information content (AvgIpc) is 3.46. The van der Waals surface area contributed by atoms with Gasteiger partial charge in [0, 0.05) is 72.0 Å². The smallest absolute Gasteiger partial charge is 0.521 e. The zero-order chi connectivity index (χ0) is 36.7. The van der Waals surface area contributed by atoms with E-state index in [1.807, 2.05) is 61.7 Å². The molecule has 1 amide bonds. The number of benzene rings is 3. The first-order valence-corrected chi connectivity index (χ1v) is 19.9. The van der Waals surface area contributed by atoms with Crippen LogP contribution in [0.5, 0.6) is 0 Å². The third-order valence-corrected chi connectivity index (χ3v) is 13.1. The molecule has 0 unspecified atom stereocenters. The number of para-hydroxylation sites is 1. The summed E-state index contributed by atoms with van der Waals surface area (Å²) in [6.07, 6.45) is 3.62. The number of nitrogens with one attached hydrogen (secondary N) is 1. The molecule has 0 spiro atoms. The number of carbonyl (C=O) groups is 2. The first-order valence-electron chi connectivity index (χ1n) is 18.0. The molecule has 0 atom stereocenters. The van der Waals surface area contributed by atoms with E-state index in [1.54, 1.807) is 12.2 Å². The molecule has 10 heteroatoms. The van der Waals surface area contributed by atoms with Gasteiger partial charge in [-0.05, 0) is 76.1 Å². The van der Waals surface area contributed by atoms with Crippen molar-refractivity contribution in [2.45, 2.75) is 66.2 Å². The molecule has 9 nitrogen and oxygen atoms in total.